The van der Waals surface area contributed by atoms with Crippen molar-refractivity contribution in [3.63, 3.8) is 0 Å². The van der Waals surface area contributed by atoms with Crippen LogP contribution in [-0.2, 0) is 11.3 Å². The van der Waals surface area contributed by atoms with E-state index in [4.69, 9.17) is 33.3 Å². The van der Waals surface area contributed by atoms with Crippen molar-refractivity contribution in [3.05, 3.63) is 75.1 Å². The van der Waals surface area contributed by atoms with Gasteiger partial charge in [0.1, 0.15) is 11.4 Å². The number of hydrogen-bond acceptors (Lipinski definition) is 5. The van der Waals surface area contributed by atoms with E-state index in [1.165, 1.54) is 0 Å². The number of aliphatic hydroxyl groups excluding tert-OH is 1. The predicted octanol–water partition coefficient (Wildman–Crippen LogP) is 7.28. The number of benzene rings is 2. The molecule has 0 unspecified atom stereocenters. The minimum atomic E-state index is -1.55. The van der Waals surface area contributed by atoms with Crippen molar-refractivity contribution in [1.82, 2.24) is 4.57 Å². The highest BCUT2D eigenvalue weighted by atomic mass is 35.5. The number of carboxylic acids is 1. The fraction of sp³-hybridized carbons (Fsp3) is 0.400. The molecule has 3 aromatic rings. The molecule has 0 spiro atoms. The van der Waals surface area contributed by atoms with Crippen LogP contribution in [0.2, 0.25) is 10.0 Å². The molecule has 1 saturated heterocycles. The highest BCUT2D eigenvalue weighted by Crippen LogP contribution is 2.39. The smallest absolute Gasteiger partial charge is 0.337 e. The first-order valence-corrected chi connectivity index (χ1v) is 14.2. The molecule has 1 aliphatic heterocycles. The van der Waals surface area contributed by atoms with Crippen molar-refractivity contribution in [1.29, 1.82) is 5.41 Å². The zero-order chi connectivity index (χ0) is 28.6. The minimum Gasteiger partial charge on any atom is -0.512 e. The van der Waals surface area contributed by atoms with Crippen LogP contribution in [0.4, 0.5) is 10.1 Å². The lowest BCUT2D eigenvalue weighted by Gasteiger charge is -2.37. The molecule has 3 N–H and O–H groups in total. The molecule has 1 aliphatic carbocycles. The van der Waals surface area contributed by atoms with Crippen LogP contribution < -0.4 is 4.90 Å². The van der Waals surface area contributed by atoms with E-state index in [2.05, 4.69) is 4.90 Å². The van der Waals surface area contributed by atoms with E-state index in [1.54, 1.807) is 24.4 Å². The van der Waals surface area contributed by atoms with Crippen molar-refractivity contribution in [2.45, 2.75) is 44.8 Å². The average molecular weight is 589 g/mol. The zero-order valence-corrected chi connectivity index (χ0v) is 23.7. The quantitative estimate of drug-likeness (QED) is 0.171. The topological polar surface area (TPSA) is 98.8 Å². The molecular weight excluding hydrogens is 556 g/mol. The molecule has 1 saturated carbocycles. The average Bonchev–Trinajstić information content (AvgIpc) is 3.71. The van der Waals surface area contributed by atoms with Gasteiger partial charge in [-0.1, -0.05) is 29.3 Å². The Hall–Kier alpha value is -3.07. The Balaban J connectivity index is 1.24. The van der Waals surface area contributed by atoms with E-state index in [-0.39, 0.29) is 54.6 Å². The van der Waals surface area contributed by atoms with Gasteiger partial charge in [-0.3, -0.25) is 5.41 Å². The summed E-state index contributed by atoms with van der Waals surface area (Å²) >= 11 is 12.6. The van der Waals surface area contributed by atoms with Crippen LogP contribution in [0.15, 0.2) is 53.9 Å². The molecule has 0 radical (unpaired) electrons. The van der Waals surface area contributed by atoms with Crippen molar-refractivity contribution < 1.29 is 24.1 Å². The Kier molecular flexibility index (Phi) is 8.13. The van der Waals surface area contributed by atoms with Gasteiger partial charge in [-0.25, -0.2) is 9.18 Å². The Labute approximate surface area is 242 Å². The maximum atomic E-state index is 15.8. The SMILES string of the molecule is CCn1cc(C(=O)O)c2ccc(N3CCC(F)(COC/C(C(=N)c4c(Cl)cccc4Cl)=C(/O)C4CC4)CC3)cc21. The molecule has 0 bridgehead atoms. The Bertz CT molecular complexity index is 1470. The number of carboxylic acid groups (broad SMARTS) is 1. The highest BCUT2D eigenvalue weighted by Gasteiger charge is 2.36. The van der Waals surface area contributed by atoms with Gasteiger partial charge in [0, 0.05) is 66.8 Å². The number of aromatic nitrogens is 1. The number of aliphatic hydroxyl groups is 1. The van der Waals surface area contributed by atoms with E-state index < -0.39 is 11.6 Å². The van der Waals surface area contributed by atoms with Gasteiger partial charge in [0.05, 0.1) is 40.1 Å². The second kappa shape index (κ2) is 11.4. The number of nitrogens with one attached hydrogen (secondary N) is 1. The van der Waals surface area contributed by atoms with E-state index in [0.717, 1.165) is 24.0 Å². The van der Waals surface area contributed by atoms with Crippen molar-refractivity contribution in [3.8, 4) is 0 Å². The normalized spacial score (nSPS) is 17.6. The first-order valence-electron chi connectivity index (χ1n) is 13.4. The summed E-state index contributed by atoms with van der Waals surface area (Å²) in [5.41, 5.74) is 1.08. The van der Waals surface area contributed by atoms with Crippen molar-refractivity contribution >= 4 is 51.5 Å². The number of rotatable bonds is 10. The molecule has 2 fully saturated rings. The summed E-state index contributed by atoms with van der Waals surface area (Å²) in [5.74, 6) is -0.902. The number of alkyl halides is 1. The van der Waals surface area contributed by atoms with E-state index in [1.807, 2.05) is 29.7 Å². The van der Waals surface area contributed by atoms with Crippen LogP contribution in [-0.4, -0.2) is 58.4 Å². The van der Waals surface area contributed by atoms with Crippen LogP contribution in [0.25, 0.3) is 10.9 Å². The molecule has 1 aromatic heterocycles. The third-order valence-electron chi connectivity index (χ3n) is 7.86. The third kappa shape index (κ3) is 5.71. The third-order valence-corrected chi connectivity index (χ3v) is 8.49. The van der Waals surface area contributed by atoms with Gasteiger partial charge in [0.15, 0.2) is 0 Å². The van der Waals surface area contributed by atoms with E-state index in [0.29, 0.717) is 40.6 Å². The molecule has 2 heterocycles. The maximum Gasteiger partial charge on any atom is 0.337 e. The second-order valence-corrected chi connectivity index (χ2v) is 11.4. The molecule has 0 atom stereocenters. The Morgan fingerprint density at radius 1 is 1.15 bits per heavy atom. The van der Waals surface area contributed by atoms with Crippen LogP contribution in [0.5, 0.6) is 0 Å². The number of carbonyl (C=O) groups is 1. The number of anilines is 1. The minimum absolute atomic E-state index is 0.0130. The number of halogens is 3. The summed E-state index contributed by atoms with van der Waals surface area (Å²) < 4.78 is 23.5. The second-order valence-electron chi connectivity index (χ2n) is 10.6. The number of piperidine rings is 1. The summed E-state index contributed by atoms with van der Waals surface area (Å²) in [4.78, 5) is 13.7. The summed E-state index contributed by atoms with van der Waals surface area (Å²) in [7, 11) is 0. The number of aryl methyl sites for hydroxylation is 1. The number of ether oxygens (including phenoxy) is 1. The monoisotopic (exact) mass is 587 g/mol. The molecule has 2 aromatic carbocycles. The van der Waals surface area contributed by atoms with Crippen molar-refractivity contribution in [2.24, 2.45) is 5.92 Å². The number of nitrogens with zero attached hydrogens (tertiary/aromatic N) is 2. The zero-order valence-electron chi connectivity index (χ0n) is 22.2. The molecule has 0 amide bonds. The number of aromatic carboxylic acids is 1. The molecule has 212 valence electrons. The van der Waals surface area contributed by atoms with Gasteiger partial charge in [-0.15, -0.1) is 0 Å². The first-order chi connectivity index (χ1) is 19.1. The summed E-state index contributed by atoms with van der Waals surface area (Å²) in [6.45, 7) is 3.28. The van der Waals surface area contributed by atoms with Crippen LogP contribution in [0, 0.1) is 11.3 Å². The van der Waals surface area contributed by atoms with Crippen molar-refractivity contribution in [2.75, 3.05) is 31.2 Å². The molecule has 2 aliphatic rings. The van der Waals surface area contributed by atoms with Gasteiger partial charge in [0.2, 0.25) is 0 Å². The Morgan fingerprint density at radius 2 is 1.82 bits per heavy atom. The van der Waals surface area contributed by atoms with Crippen LogP contribution in [0.1, 0.15) is 48.5 Å². The van der Waals surface area contributed by atoms with Gasteiger partial charge in [0.25, 0.3) is 0 Å². The molecule has 5 rings (SSSR count). The molecule has 7 nitrogen and oxygen atoms in total. The highest BCUT2D eigenvalue weighted by molar-refractivity contribution is 6.41. The molecular formula is C30H32Cl2FN3O4. The number of fused-ring (bicyclic) bond motifs is 1. The predicted molar refractivity (Wildman–Crippen MR) is 156 cm³/mol. The Morgan fingerprint density at radius 3 is 2.42 bits per heavy atom. The molecule has 40 heavy (non-hydrogen) atoms. The number of allylic oxidation sites excluding steroid dienone is 1. The molecule has 10 heteroatoms. The summed E-state index contributed by atoms with van der Waals surface area (Å²) in [6, 6.07) is 10.6. The first kappa shape index (κ1) is 28.5. The standard InChI is InChI=1S/C30H32Cl2FN3O4/c1-2-35-15-21(29(38)39)20-9-8-19(14-25(20)35)36-12-10-30(33,11-13-36)17-40-16-22(28(37)18-6-7-18)27(34)26-23(31)4-3-5-24(26)32/h3-5,8-9,14-15,18,34,37H,2,6-7,10-13,16-17H2,1H3,(H,38,39)/b28-22-,34-27?. The van der Waals surface area contributed by atoms with E-state index in [9.17, 15) is 15.0 Å². The van der Waals surface area contributed by atoms with Gasteiger partial charge in [-0.2, -0.15) is 0 Å². The van der Waals surface area contributed by atoms with Crippen LogP contribution in [0.3, 0.4) is 0 Å². The lowest BCUT2D eigenvalue weighted by atomic mass is 9.93. The van der Waals surface area contributed by atoms with Gasteiger partial charge >= 0.3 is 5.97 Å². The fourth-order valence-electron chi connectivity index (χ4n) is 5.32. The lowest BCUT2D eigenvalue weighted by Crippen LogP contribution is -2.44. The fourth-order valence-corrected chi connectivity index (χ4v) is 5.91. The van der Waals surface area contributed by atoms with E-state index >= 15 is 4.39 Å². The summed E-state index contributed by atoms with van der Waals surface area (Å²) in [6.07, 6.45) is 3.81. The van der Waals surface area contributed by atoms with Gasteiger partial charge < -0.3 is 24.4 Å². The van der Waals surface area contributed by atoms with Gasteiger partial charge in [-0.05, 0) is 50.1 Å². The summed E-state index contributed by atoms with van der Waals surface area (Å²) in [5, 5.41) is 30.3. The largest absolute Gasteiger partial charge is 0.512 e. The maximum absolute atomic E-state index is 15.8. The van der Waals surface area contributed by atoms with Crippen LogP contribution >= 0.6 is 23.2 Å². The number of hydrogen-bond donors (Lipinski definition) is 3. The lowest BCUT2D eigenvalue weighted by molar-refractivity contribution is 0.00816.